The normalized spacial score (nSPS) is 16.8. The smallest absolute Gasteiger partial charge is 0.354 e. The molecule has 0 fully saturated rings. The molecule has 0 saturated carbocycles. The molecule has 1 heterocycles. The summed E-state index contributed by atoms with van der Waals surface area (Å²) < 4.78 is 67.2. The zero-order chi connectivity index (χ0) is 15.0. The summed E-state index contributed by atoms with van der Waals surface area (Å²) in [6.07, 6.45) is 0. The quantitative estimate of drug-likeness (QED) is 0.772. The highest BCUT2D eigenvalue weighted by Crippen LogP contribution is 2.27. The molecule has 0 radical (unpaired) electrons. The molecule has 1 aliphatic heterocycles. The molecule has 0 atom stereocenters. The fraction of sp³-hybridized carbons (Fsp3) is 0.300. The maximum atomic E-state index is 12.2. The van der Waals surface area contributed by atoms with Gasteiger partial charge in [0, 0.05) is 5.56 Å². The number of benzene rings is 1. The first-order valence-electron chi connectivity index (χ1n) is 5.21. The van der Waals surface area contributed by atoms with E-state index in [0.717, 1.165) is 0 Å². The predicted octanol–water partition coefficient (Wildman–Crippen LogP) is 1.40. The number of fused-ring (bicyclic) bond motifs is 1. The van der Waals surface area contributed by atoms with Gasteiger partial charge in [0.15, 0.2) is 0 Å². The zero-order valence-electron chi connectivity index (χ0n) is 9.75. The average Bonchev–Trinajstić information content (AvgIpc) is 2.49. The van der Waals surface area contributed by atoms with Crippen molar-refractivity contribution in [2.45, 2.75) is 12.1 Å². The van der Waals surface area contributed by atoms with Crippen molar-refractivity contribution in [1.29, 1.82) is 0 Å². The van der Waals surface area contributed by atoms with Crippen molar-refractivity contribution in [3.8, 4) is 0 Å². The monoisotopic (exact) mass is 311 g/mol. The van der Waals surface area contributed by atoms with Crippen LogP contribution in [-0.4, -0.2) is 31.6 Å². The van der Waals surface area contributed by atoms with E-state index in [-0.39, 0.29) is 17.2 Å². The molecule has 0 bridgehead atoms. The molecule has 0 unspecified atom stereocenters. The standard InChI is InChI=1S/C10H8F3NO5S/c11-10(12,13)20(16,17)19-14-6-18-5-7-3-1-2-4-8(7)9(14)15/h1-4H,5-6H2. The fourth-order valence-corrected chi connectivity index (χ4v) is 1.93. The molecule has 10 heteroatoms. The van der Waals surface area contributed by atoms with Gasteiger partial charge < -0.3 is 4.74 Å². The Morgan fingerprint density at radius 3 is 2.55 bits per heavy atom. The second-order valence-corrected chi connectivity index (χ2v) is 5.31. The van der Waals surface area contributed by atoms with Gasteiger partial charge >= 0.3 is 15.6 Å². The first-order chi connectivity index (χ1) is 9.22. The molecule has 20 heavy (non-hydrogen) atoms. The van der Waals surface area contributed by atoms with Gasteiger partial charge in [0.05, 0.1) is 6.61 Å². The average molecular weight is 311 g/mol. The second-order valence-electron chi connectivity index (χ2n) is 3.79. The predicted molar refractivity (Wildman–Crippen MR) is 58.3 cm³/mol. The van der Waals surface area contributed by atoms with Crippen LogP contribution in [0, 0.1) is 0 Å². The van der Waals surface area contributed by atoms with Gasteiger partial charge in [-0.05, 0) is 11.6 Å². The summed E-state index contributed by atoms with van der Waals surface area (Å²) in [5, 5.41) is 0.0225. The lowest BCUT2D eigenvalue weighted by Crippen LogP contribution is -2.38. The van der Waals surface area contributed by atoms with Gasteiger partial charge in [0.25, 0.3) is 5.91 Å². The van der Waals surface area contributed by atoms with Crippen molar-refractivity contribution in [3.63, 3.8) is 0 Å². The number of halogens is 3. The van der Waals surface area contributed by atoms with E-state index in [9.17, 15) is 26.4 Å². The van der Waals surface area contributed by atoms with Crippen LogP contribution >= 0.6 is 0 Å². The number of hydroxylamine groups is 2. The molecular formula is C10H8F3NO5S. The van der Waals surface area contributed by atoms with E-state index < -0.39 is 28.3 Å². The molecule has 0 N–H and O–H groups in total. The van der Waals surface area contributed by atoms with E-state index in [1.165, 1.54) is 18.2 Å². The van der Waals surface area contributed by atoms with Gasteiger partial charge in [-0.3, -0.25) is 4.79 Å². The highest BCUT2D eigenvalue weighted by Gasteiger charge is 2.50. The molecule has 0 spiro atoms. The van der Waals surface area contributed by atoms with Crippen LogP contribution in [-0.2, 0) is 25.7 Å². The SMILES string of the molecule is O=C1c2ccccc2COCN1OS(=O)(=O)C(F)(F)F. The Labute approximate surface area is 111 Å². The van der Waals surface area contributed by atoms with Crippen LogP contribution in [0.3, 0.4) is 0 Å². The van der Waals surface area contributed by atoms with Gasteiger partial charge in [-0.2, -0.15) is 26.7 Å². The Hall–Kier alpha value is -1.65. The number of rotatable bonds is 2. The number of hydrogen-bond donors (Lipinski definition) is 0. The number of ether oxygens (including phenoxy) is 1. The largest absolute Gasteiger partial charge is 0.525 e. The molecule has 110 valence electrons. The topological polar surface area (TPSA) is 72.9 Å². The van der Waals surface area contributed by atoms with E-state index in [1.54, 1.807) is 6.07 Å². The molecule has 6 nitrogen and oxygen atoms in total. The third-order valence-electron chi connectivity index (χ3n) is 2.41. The van der Waals surface area contributed by atoms with E-state index in [1.807, 2.05) is 0 Å². The van der Waals surface area contributed by atoms with Crippen LogP contribution < -0.4 is 0 Å². The highest BCUT2D eigenvalue weighted by molar-refractivity contribution is 7.87. The lowest BCUT2D eigenvalue weighted by Gasteiger charge is -2.19. The molecule has 0 saturated heterocycles. The summed E-state index contributed by atoms with van der Waals surface area (Å²) in [5.41, 5.74) is -5.19. The van der Waals surface area contributed by atoms with Crippen molar-refractivity contribution in [3.05, 3.63) is 35.4 Å². The van der Waals surface area contributed by atoms with Crippen LogP contribution in [0.2, 0.25) is 0 Å². The van der Waals surface area contributed by atoms with Crippen molar-refractivity contribution in [1.82, 2.24) is 5.06 Å². The summed E-state index contributed by atoms with van der Waals surface area (Å²) in [6, 6.07) is 5.97. The Morgan fingerprint density at radius 1 is 1.25 bits per heavy atom. The Balaban J connectivity index is 2.30. The lowest BCUT2D eigenvalue weighted by molar-refractivity contribution is -0.121. The molecule has 1 aliphatic rings. The summed E-state index contributed by atoms with van der Waals surface area (Å²) in [6.45, 7) is -0.781. The third-order valence-corrected chi connectivity index (χ3v) is 3.36. The van der Waals surface area contributed by atoms with Crippen molar-refractivity contribution >= 4 is 16.0 Å². The van der Waals surface area contributed by atoms with Gasteiger partial charge in [0.1, 0.15) is 6.73 Å². The van der Waals surface area contributed by atoms with Gasteiger partial charge in [-0.25, -0.2) is 0 Å². The van der Waals surface area contributed by atoms with E-state index in [0.29, 0.717) is 5.56 Å². The van der Waals surface area contributed by atoms with Gasteiger partial charge in [-0.1, -0.05) is 18.2 Å². The summed E-state index contributed by atoms with van der Waals surface area (Å²) in [5.74, 6) is -1.02. The zero-order valence-corrected chi connectivity index (χ0v) is 10.6. The number of hydrogen-bond acceptors (Lipinski definition) is 5. The molecule has 1 amide bonds. The van der Waals surface area contributed by atoms with E-state index in [2.05, 4.69) is 4.28 Å². The Bertz CT molecular complexity index is 628. The molecule has 2 rings (SSSR count). The van der Waals surface area contributed by atoms with Crippen LogP contribution in [0.1, 0.15) is 15.9 Å². The molecule has 1 aromatic carbocycles. The van der Waals surface area contributed by atoms with Crippen LogP contribution in [0.25, 0.3) is 0 Å². The van der Waals surface area contributed by atoms with Crippen LogP contribution in [0.15, 0.2) is 24.3 Å². The first-order valence-corrected chi connectivity index (χ1v) is 6.61. The fourth-order valence-electron chi connectivity index (χ4n) is 1.50. The number of nitrogens with zero attached hydrogens (tertiary/aromatic N) is 1. The highest BCUT2D eigenvalue weighted by atomic mass is 32.2. The number of alkyl halides is 3. The molecule has 1 aromatic rings. The van der Waals surface area contributed by atoms with Crippen molar-refractivity contribution in [2.24, 2.45) is 0 Å². The summed E-state index contributed by atoms with van der Waals surface area (Å²) >= 11 is 0. The van der Waals surface area contributed by atoms with Crippen molar-refractivity contribution in [2.75, 3.05) is 6.73 Å². The minimum atomic E-state index is -5.92. The van der Waals surface area contributed by atoms with Gasteiger partial charge in [-0.15, -0.1) is 4.28 Å². The molecule has 0 aromatic heterocycles. The van der Waals surface area contributed by atoms with Gasteiger partial charge in [0.2, 0.25) is 0 Å². The van der Waals surface area contributed by atoms with Crippen molar-refractivity contribution < 1.29 is 35.4 Å². The minimum absolute atomic E-state index is 0.0161. The maximum absolute atomic E-state index is 12.2. The molecule has 0 aliphatic carbocycles. The van der Waals surface area contributed by atoms with Crippen LogP contribution in [0.5, 0.6) is 0 Å². The Morgan fingerprint density at radius 2 is 1.90 bits per heavy atom. The molecular weight excluding hydrogens is 303 g/mol. The summed E-state index contributed by atoms with van der Waals surface area (Å²) in [7, 11) is -5.92. The number of carbonyl (C=O) groups excluding carboxylic acids is 1. The minimum Gasteiger partial charge on any atom is -0.354 e. The van der Waals surface area contributed by atoms with E-state index in [4.69, 9.17) is 4.74 Å². The number of amides is 1. The van der Waals surface area contributed by atoms with E-state index >= 15 is 0 Å². The first kappa shape index (κ1) is 14.8. The summed E-state index contributed by atoms with van der Waals surface area (Å²) in [4.78, 5) is 11.9. The number of carbonyl (C=O) groups is 1. The maximum Gasteiger partial charge on any atom is 0.525 e. The Kier molecular flexibility index (Phi) is 3.71. The lowest BCUT2D eigenvalue weighted by atomic mass is 10.1. The third kappa shape index (κ3) is 2.76. The van der Waals surface area contributed by atoms with Crippen LogP contribution in [0.4, 0.5) is 13.2 Å². The second kappa shape index (κ2) is 5.04.